The summed E-state index contributed by atoms with van der Waals surface area (Å²) in [7, 11) is -2.22. The van der Waals surface area contributed by atoms with E-state index in [2.05, 4.69) is 34.2 Å². The predicted molar refractivity (Wildman–Crippen MR) is 103 cm³/mol. The summed E-state index contributed by atoms with van der Waals surface area (Å²) >= 11 is 0. The Morgan fingerprint density at radius 3 is 1.83 bits per heavy atom. The van der Waals surface area contributed by atoms with E-state index in [9.17, 15) is 0 Å². The molecule has 3 nitrogen and oxygen atoms in total. The van der Waals surface area contributed by atoms with Crippen LogP contribution in [-0.2, 0) is 13.9 Å². The van der Waals surface area contributed by atoms with Crippen molar-refractivity contribution in [2.45, 2.75) is 122 Å². The highest BCUT2D eigenvalue weighted by Gasteiger charge is 2.52. The molecule has 0 radical (unpaired) electrons. The summed E-state index contributed by atoms with van der Waals surface area (Å²) in [5, 5.41) is 0.0962. The first-order valence-corrected chi connectivity index (χ1v) is 12.8. The normalized spacial score (nSPS) is 25.4. The Morgan fingerprint density at radius 2 is 1.38 bits per heavy atom. The Hall–Kier alpha value is 0.0969. The summed E-state index contributed by atoms with van der Waals surface area (Å²) < 4.78 is 19.7. The third-order valence-corrected chi connectivity index (χ3v) is 11.1. The Bertz CT molecular complexity index is 356. The summed E-state index contributed by atoms with van der Waals surface area (Å²) in [6.45, 7) is 12.1. The molecule has 2 atom stereocenters. The lowest BCUT2D eigenvalue weighted by Crippen LogP contribution is -2.59. The third kappa shape index (κ3) is 5.30. The molecule has 142 valence electrons. The van der Waals surface area contributed by atoms with E-state index in [-0.39, 0.29) is 11.0 Å². The zero-order chi connectivity index (χ0) is 17.6. The molecule has 0 aliphatic heterocycles. The minimum absolute atomic E-state index is 0.0962. The van der Waals surface area contributed by atoms with Crippen LogP contribution in [0.15, 0.2) is 0 Å². The highest BCUT2D eigenvalue weighted by molar-refractivity contribution is 6.76. The quantitative estimate of drug-likeness (QED) is 0.416. The van der Waals surface area contributed by atoms with Crippen molar-refractivity contribution >= 4 is 8.32 Å². The third-order valence-electron chi connectivity index (χ3n) is 6.09. The molecule has 2 aliphatic rings. The van der Waals surface area contributed by atoms with Gasteiger partial charge in [0.05, 0.1) is 6.10 Å². The van der Waals surface area contributed by atoms with Crippen LogP contribution >= 0.6 is 0 Å². The Labute approximate surface area is 151 Å². The lowest BCUT2D eigenvalue weighted by Gasteiger charge is -2.47. The fourth-order valence-electron chi connectivity index (χ4n) is 3.97. The molecule has 0 spiro atoms. The van der Waals surface area contributed by atoms with Crippen LogP contribution in [0.4, 0.5) is 0 Å². The Balaban J connectivity index is 2.13. The highest BCUT2D eigenvalue weighted by atomic mass is 28.4. The van der Waals surface area contributed by atoms with Crippen LogP contribution in [-0.4, -0.2) is 33.0 Å². The van der Waals surface area contributed by atoms with Crippen LogP contribution < -0.4 is 0 Å². The minimum Gasteiger partial charge on any atom is -0.408 e. The summed E-state index contributed by atoms with van der Waals surface area (Å²) in [5.74, 6) is -0.146. The monoisotopic (exact) mass is 356 g/mol. The van der Waals surface area contributed by atoms with Gasteiger partial charge in [0.1, 0.15) is 0 Å². The van der Waals surface area contributed by atoms with Crippen molar-refractivity contribution < 1.29 is 13.9 Å². The highest BCUT2D eigenvalue weighted by Crippen LogP contribution is 2.43. The van der Waals surface area contributed by atoms with Crippen molar-refractivity contribution in [3.63, 3.8) is 0 Å². The van der Waals surface area contributed by atoms with E-state index in [4.69, 9.17) is 13.9 Å². The Kier molecular flexibility index (Phi) is 7.79. The van der Waals surface area contributed by atoms with E-state index in [1.165, 1.54) is 64.2 Å². The van der Waals surface area contributed by atoms with Crippen LogP contribution in [0.25, 0.3) is 0 Å². The molecule has 0 aromatic rings. The minimum atomic E-state index is -2.22. The smallest absolute Gasteiger partial charge is 0.255 e. The van der Waals surface area contributed by atoms with E-state index in [0.29, 0.717) is 18.8 Å². The van der Waals surface area contributed by atoms with E-state index in [0.717, 1.165) is 0 Å². The summed E-state index contributed by atoms with van der Waals surface area (Å²) in [4.78, 5) is 0. The molecule has 0 amide bonds. The second-order valence-corrected chi connectivity index (χ2v) is 13.3. The molecular weight excluding hydrogens is 316 g/mol. The van der Waals surface area contributed by atoms with Gasteiger partial charge in [-0.2, -0.15) is 0 Å². The van der Waals surface area contributed by atoms with Crippen LogP contribution in [0, 0.1) is 0 Å². The lowest BCUT2D eigenvalue weighted by atomic mass is 9.98. The topological polar surface area (TPSA) is 27.7 Å². The zero-order valence-electron chi connectivity index (χ0n) is 16.7. The number of hydrogen-bond acceptors (Lipinski definition) is 3. The Morgan fingerprint density at radius 1 is 0.875 bits per heavy atom. The summed E-state index contributed by atoms with van der Waals surface area (Å²) in [6.07, 6.45) is 13.5. The van der Waals surface area contributed by atoms with Gasteiger partial charge in [-0.1, -0.05) is 59.3 Å². The molecule has 24 heavy (non-hydrogen) atoms. The molecule has 2 unspecified atom stereocenters. The molecular formula is C20H40O3Si. The SMILES string of the molecule is CCOC(OC1CCCCC1)[Si](C)(OC1CCCCC1)C(C)(C)C. The van der Waals surface area contributed by atoms with Crippen molar-refractivity contribution in [1.82, 2.24) is 0 Å². The van der Waals surface area contributed by atoms with Gasteiger partial charge in [-0.3, -0.25) is 0 Å². The molecule has 0 aromatic heterocycles. The molecule has 0 bridgehead atoms. The first kappa shape index (κ1) is 20.4. The van der Waals surface area contributed by atoms with Gasteiger partial charge in [-0.05, 0) is 44.2 Å². The average Bonchev–Trinajstić information content (AvgIpc) is 2.55. The largest absolute Gasteiger partial charge is 0.408 e. The van der Waals surface area contributed by atoms with Gasteiger partial charge < -0.3 is 13.9 Å². The fourth-order valence-corrected chi connectivity index (χ4v) is 7.01. The number of ether oxygens (including phenoxy) is 2. The molecule has 0 aromatic carbocycles. The van der Waals surface area contributed by atoms with Crippen LogP contribution in [0.2, 0.25) is 11.6 Å². The molecule has 2 rings (SSSR count). The van der Waals surface area contributed by atoms with Gasteiger partial charge in [-0.25, -0.2) is 0 Å². The molecule has 0 N–H and O–H groups in total. The van der Waals surface area contributed by atoms with Crippen molar-refractivity contribution in [2.24, 2.45) is 0 Å². The molecule has 2 fully saturated rings. The number of hydrogen-bond donors (Lipinski definition) is 0. The van der Waals surface area contributed by atoms with Gasteiger partial charge in [0.25, 0.3) is 8.32 Å². The molecule has 4 heteroatoms. The first-order valence-electron chi connectivity index (χ1n) is 10.3. The first-order chi connectivity index (χ1) is 11.4. The maximum absolute atomic E-state index is 6.89. The van der Waals surface area contributed by atoms with Gasteiger partial charge in [0, 0.05) is 12.7 Å². The standard InChI is InChI=1S/C20H40O3Si/c1-6-21-19(22-17-13-9-7-10-14-17)24(5,20(2,3)4)23-18-15-11-8-12-16-18/h17-19H,6-16H2,1-5H3. The fraction of sp³-hybridized carbons (Fsp3) is 1.00. The van der Waals surface area contributed by atoms with Crippen LogP contribution in [0.5, 0.6) is 0 Å². The molecule has 2 aliphatic carbocycles. The van der Waals surface area contributed by atoms with Gasteiger partial charge >= 0.3 is 0 Å². The van der Waals surface area contributed by atoms with E-state index in [1.54, 1.807) is 0 Å². The second kappa shape index (κ2) is 9.16. The van der Waals surface area contributed by atoms with E-state index in [1.807, 2.05) is 0 Å². The van der Waals surface area contributed by atoms with Crippen LogP contribution in [0.3, 0.4) is 0 Å². The van der Waals surface area contributed by atoms with Crippen molar-refractivity contribution in [1.29, 1.82) is 0 Å². The predicted octanol–water partition coefficient (Wildman–Crippen LogP) is 5.96. The van der Waals surface area contributed by atoms with Crippen molar-refractivity contribution in [3.8, 4) is 0 Å². The molecule has 0 saturated heterocycles. The van der Waals surface area contributed by atoms with E-state index >= 15 is 0 Å². The molecule has 2 saturated carbocycles. The summed E-state index contributed by atoms with van der Waals surface area (Å²) in [6, 6.07) is 0. The van der Waals surface area contributed by atoms with Crippen molar-refractivity contribution in [2.75, 3.05) is 6.61 Å². The number of rotatable bonds is 7. The van der Waals surface area contributed by atoms with Gasteiger partial charge in [0.2, 0.25) is 0 Å². The maximum Gasteiger partial charge on any atom is 0.255 e. The molecule has 0 heterocycles. The lowest BCUT2D eigenvalue weighted by molar-refractivity contribution is -0.145. The average molecular weight is 357 g/mol. The zero-order valence-corrected chi connectivity index (χ0v) is 17.7. The van der Waals surface area contributed by atoms with Crippen LogP contribution in [0.1, 0.15) is 91.9 Å². The van der Waals surface area contributed by atoms with E-state index < -0.39 is 8.32 Å². The maximum atomic E-state index is 6.89. The van der Waals surface area contributed by atoms with Gasteiger partial charge in [0.15, 0.2) is 5.91 Å². The van der Waals surface area contributed by atoms with Gasteiger partial charge in [-0.15, -0.1) is 0 Å². The second-order valence-electron chi connectivity index (χ2n) is 8.92. The van der Waals surface area contributed by atoms with Crippen molar-refractivity contribution in [3.05, 3.63) is 0 Å². The summed E-state index contributed by atoms with van der Waals surface area (Å²) in [5.41, 5.74) is 0.